The van der Waals surface area contributed by atoms with E-state index in [1.54, 1.807) is 36.1 Å². The fourth-order valence-corrected chi connectivity index (χ4v) is 2.31. The molecule has 1 rings (SSSR count). The van der Waals surface area contributed by atoms with Gasteiger partial charge in [-0.1, -0.05) is 44.5 Å². The third kappa shape index (κ3) is 5.05. The van der Waals surface area contributed by atoms with Crippen molar-refractivity contribution in [2.75, 3.05) is 20.2 Å². The number of hydrogen-bond acceptors (Lipinski definition) is 3. The molecular weight excluding hydrogens is 290 g/mol. The molecule has 0 radical (unpaired) electrons. The second-order valence-electron chi connectivity index (χ2n) is 5.51. The van der Waals surface area contributed by atoms with Crippen molar-refractivity contribution in [2.45, 2.75) is 20.8 Å². The summed E-state index contributed by atoms with van der Waals surface area (Å²) in [6.45, 7) is 6.67. The molecule has 21 heavy (non-hydrogen) atoms. The maximum atomic E-state index is 12.6. The molecule has 0 saturated heterocycles. The van der Waals surface area contributed by atoms with Crippen LogP contribution < -0.4 is 0 Å². The normalized spacial score (nSPS) is 12.1. The minimum atomic E-state index is -0.375. The van der Waals surface area contributed by atoms with Crippen molar-refractivity contribution in [3.8, 4) is 0 Å². The van der Waals surface area contributed by atoms with Gasteiger partial charge in [0.25, 0.3) is 5.91 Å². The van der Waals surface area contributed by atoms with Gasteiger partial charge in [-0.15, -0.1) is 0 Å². The minimum absolute atomic E-state index is 0.162. The van der Waals surface area contributed by atoms with E-state index in [4.69, 9.17) is 16.3 Å². The molecule has 1 aromatic carbocycles. The predicted octanol–water partition coefficient (Wildman–Crippen LogP) is 3.25. The van der Waals surface area contributed by atoms with E-state index in [0.717, 1.165) is 0 Å². The average Bonchev–Trinajstić information content (AvgIpc) is 2.44. The third-order valence-corrected chi connectivity index (χ3v) is 3.40. The summed E-state index contributed by atoms with van der Waals surface area (Å²) in [5.74, 6) is -0.567. The van der Waals surface area contributed by atoms with Gasteiger partial charge in [0, 0.05) is 13.1 Å². The molecule has 0 aromatic heterocycles. The molecule has 1 unspecified atom stereocenters. The monoisotopic (exact) mass is 311 g/mol. The van der Waals surface area contributed by atoms with Crippen molar-refractivity contribution >= 4 is 23.5 Å². The highest BCUT2D eigenvalue weighted by atomic mass is 35.5. The van der Waals surface area contributed by atoms with E-state index in [-0.39, 0.29) is 17.8 Å². The Bertz CT molecular complexity index is 502. The Morgan fingerprint density at radius 1 is 1.19 bits per heavy atom. The molecular formula is C16H22ClNO3. The third-order valence-electron chi connectivity index (χ3n) is 3.07. The van der Waals surface area contributed by atoms with Crippen molar-refractivity contribution in [1.82, 2.24) is 4.90 Å². The van der Waals surface area contributed by atoms with Crippen LogP contribution in [0.2, 0.25) is 5.02 Å². The molecule has 0 saturated carbocycles. The van der Waals surface area contributed by atoms with Crippen molar-refractivity contribution in [3.05, 3.63) is 34.9 Å². The fourth-order valence-electron chi connectivity index (χ4n) is 2.09. The maximum Gasteiger partial charge on any atom is 0.310 e. The SMILES string of the molecule is COC(=O)C(C)CN(CC(C)C)C(=O)c1ccccc1Cl. The molecule has 5 heteroatoms. The van der Waals surface area contributed by atoms with Crippen LogP contribution in [0.4, 0.5) is 0 Å². The Morgan fingerprint density at radius 2 is 1.81 bits per heavy atom. The summed E-state index contributed by atoms with van der Waals surface area (Å²) in [4.78, 5) is 25.9. The lowest BCUT2D eigenvalue weighted by Crippen LogP contribution is -2.39. The van der Waals surface area contributed by atoms with E-state index in [1.807, 2.05) is 13.8 Å². The van der Waals surface area contributed by atoms with Gasteiger partial charge in [-0.05, 0) is 18.1 Å². The maximum absolute atomic E-state index is 12.6. The zero-order valence-electron chi connectivity index (χ0n) is 12.9. The smallest absolute Gasteiger partial charge is 0.310 e. The molecule has 0 bridgehead atoms. The van der Waals surface area contributed by atoms with Crippen LogP contribution in [0.1, 0.15) is 31.1 Å². The Hall–Kier alpha value is -1.55. The standard InChI is InChI=1S/C16H22ClNO3/c1-11(2)9-18(10-12(3)16(20)21-4)15(19)13-7-5-6-8-14(13)17/h5-8,11-12H,9-10H2,1-4H3. The molecule has 1 atom stereocenters. The number of hydrogen-bond donors (Lipinski definition) is 0. The Labute approximate surface area is 131 Å². The van der Waals surface area contributed by atoms with Crippen molar-refractivity contribution < 1.29 is 14.3 Å². The zero-order valence-corrected chi connectivity index (χ0v) is 13.7. The molecule has 1 aromatic rings. The highest BCUT2D eigenvalue weighted by Crippen LogP contribution is 2.19. The molecule has 0 N–H and O–H groups in total. The van der Waals surface area contributed by atoms with E-state index in [1.165, 1.54) is 7.11 Å². The van der Waals surface area contributed by atoms with Gasteiger partial charge < -0.3 is 9.64 Å². The summed E-state index contributed by atoms with van der Waals surface area (Å²) in [6.07, 6.45) is 0. The van der Waals surface area contributed by atoms with Gasteiger partial charge in [-0.2, -0.15) is 0 Å². The summed E-state index contributed by atoms with van der Waals surface area (Å²) in [5.41, 5.74) is 0.455. The zero-order chi connectivity index (χ0) is 16.0. The number of ether oxygens (including phenoxy) is 1. The molecule has 0 heterocycles. The summed E-state index contributed by atoms with van der Waals surface area (Å²) in [7, 11) is 1.35. The lowest BCUT2D eigenvalue weighted by atomic mass is 10.1. The van der Waals surface area contributed by atoms with Crippen LogP contribution in [0.3, 0.4) is 0 Å². The van der Waals surface area contributed by atoms with Crippen LogP contribution in [-0.4, -0.2) is 37.0 Å². The van der Waals surface area contributed by atoms with Crippen LogP contribution in [0.5, 0.6) is 0 Å². The highest BCUT2D eigenvalue weighted by molar-refractivity contribution is 6.33. The molecule has 0 fully saturated rings. The van der Waals surface area contributed by atoms with E-state index >= 15 is 0 Å². The van der Waals surface area contributed by atoms with Crippen molar-refractivity contribution in [1.29, 1.82) is 0 Å². The molecule has 0 aliphatic rings. The molecule has 0 spiro atoms. The van der Waals surface area contributed by atoms with E-state index in [9.17, 15) is 9.59 Å². The van der Waals surface area contributed by atoms with Crippen LogP contribution in [-0.2, 0) is 9.53 Å². The molecule has 1 amide bonds. The van der Waals surface area contributed by atoms with Gasteiger partial charge in [0.05, 0.1) is 23.6 Å². The van der Waals surface area contributed by atoms with Gasteiger partial charge in [0.15, 0.2) is 0 Å². The average molecular weight is 312 g/mol. The van der Waals surface area contributed by atoms with Crippen LogP contribution in [0.15, 0.2) is 24.3 Å². The van der Waals surface area contributed by atoms with Crippen molar-refractivity contribution in [2.24, 2.45) is 11.8 Å². The number of esters is 1. The molecule has 4 nitrogen and oxygen atoms in total. The van der Waals surface area contributed by atoms with Crippen molar-refractivity contribution in [3.63, 3.8) is 0 Å². The number of halogens is 1. The molecule has 0 aliphatic carbocycles. The number of methoxy groups -OCH3 is 1. The first kappa shape index (κ1) is 17.5. The van der Waals surface area contributed by atoms with Crippen LogP contribution in [0.25, 0.3) is 0 Å². The van der Waals surface area contributed by atoms with E-state index in [0.29, 0.717) is 29.6 Å². The van der Waals surface area contributed by atoms with Gasteiger partial charge >= 0.3 is 5.97 Å². The number of nitrogens with zero attached hydrogens (tertiary/aromatic N) is 1. The first-order chi connectivity index (χ1) is 9.86. The lowest BCUT2D eigenvalue weighted by Gasteiger charge is -2.27. The Morgan fingerprint density at radius 3 is 2.33 bits per heavy atom. The largest absolute Gasteiger partial charge is 0.469 e. The Kier molecular flexibility index (Phi) is 6.69. The first-order valence-electron chi connectivity index (χ1n) is 6.98. The van der Waals surface area contributed by atoms with Gasteiger partial charge in [0.1, 0.15) is 0 Å². The van der Waals surface area contributed by atoms with Crippen LogP contribution in [0, 0.1) is 11.8 Å². The highest BCUT2D eigenvalue weighted by Gasteiger charge is 2.24. The minimum Gasteiger partial charge on any atom is -0.469 e. The number of benzene rings is 1. The number of carbonyl (C=O) groups excluding carboxylic acids is 2. The fraction of sp³-hybridized carbons (Fsp3) is 0.500. The van der Waals surface area contributed by atoms with E-state index < -0.39 is 0 Å². The van der Waals surface area contributed by atoms with Gasteiger partial charge in [0.2, 0.25) is 0 Å². The second kappa shape index (κ2) is 8.03. The number of amides is 1. The topological polar surface area (TPSA) is 46.6 Å². The van der Waals surface area contributed by atoms with Crippen LogP contribution >= 0.6 is 11.6 Å². The first-order valence-corrected chi connectivity index (χ1v) is 7.36. The van der Waals surface area contributed by atoms with Gasteiger partial charge in [-0.3, -0.25) is 9.59 Å². The number of rotatable bonds is 6. The quantitative estimate of drug-likeness (QED) is 0.758. The van der Waals surface area contributed by atoms with E-state index in [2.05, 4.69) is 0 Å². The summed E-state index contributed by atoms with van der Waals surface area (Å²) < 4.78 is 4.72. The summed E-state index contributed by atoms with van der Waals surface area (Å²) in [5, 5.41) is 0.418. The second-order valence-corrected chi connectivity index (χ2v) is 5.92. The van der Waals surface area contributed by atoms with Gasteiger partial charge in [-0.25, -0.2) is 0 Å². The Balaban J connectivity index is 2.94. The number of carbonyl (C=O) groups is 2. The predicted molar refractivity (Wildman–Crippen MR) is 83.4 cm³/mol. The molecule has 116 valence electrons. The lowest BCUT2D eigenvalue weighted by molar-refractivity contribution is -0.145. The summed E-state index contributed by atoms with van der Waals surface area (Å²) >= 11 is 6.09. The molecule has 0 aliphatic heterocycles. The summed E-state index contributed by atoms with van der Waals surface area (Å²) in [6, 6.07) is 6.94.